The molecule has 0 saturated heterocycles. The second-order valence-electron chi connectivity index (χ2n) is 10.3. The van der Waals surface area contributed by atoms with Crippen LogP contribution < -0.4 is 10.6 Å². The number of carbonyl (C=O) groups is 2. The Kier molecular flexibility index (Phi) is 6.77. The van der Waals surface area contributed by atoms with Gasteiger partial charge in [0, 0.05) is 34.3 Å². The van der Waals surface area contributed by atoms with Crippen LogP contribution in [0.5, 0.6) is 0 Å². The van der Waals surface area contributed by atoms with E-state index in [-0.39, 0.29) is 12.0 Å². The molecule has 0 atom stereocenters. The molecule has 6 nitrogen and oxygen atoms in total. The van der Waals surface area contributed by atoms with Crippen molar-refractivity contribution < 1.29 is 14.3 Å². The second kappa shape index (κ2) is 9.82. The molecule has 0 aliphatic heterocycles. The molecule has 3 aromatic heterocycles. The Morgan fingerprint density at radius 3 is 2.26 bits per heavy atom. The summed E-state index contributed by atoms with van der Waals surface area (Å²) in [5.41, 5.74) is 3.59. The summed E-state index contributed by atoms with van der Waals surface area (Å²) in [5.74, 6) is -0.353. The maximum atomic E-state index is 13.1. The monoisotopic (exact) mass is 511 g/mol. The fourth-order valence-electron chi connectivity index (χ4n) is 4.99. The van der Waals surface area contributed by atoms with E-state index < -0.39 is 5.60 Å². The van der Waals surface area contributed by atoms with E-state index in [2.05, 4.69) is 27.6 Å². The third-order valence-corrected chi connectivity index (χ3v) is 9.08. The topological polar surface area (TPSA) is 72.4 Å². The molecule has 2 aliphatic carbocycles. The van der Waals surface area contributed by atoms with E-state index >= 15 is 0 Å². The molecule has 3 heterocycles. The number of thiophene rings is 2. The number of aromatic nitrogens is 1. The highest BCUT2D eigenvalue weighted by Crippen LogP contribution is 2.40. The number of rotatable bonds is 5. The van der Waals surface area contributed by atoms with Gasteiger partial charge in [0.25, 0.3) is 0 Å². The number of urea groups is 1. The second-order valence-corrected chi connectivity index (χ2v) is 12.5. The van der Waals surface area contributed by atoms with Crippen LogP contribution in [-0.4, -0.2) is 22.2 Å². The smallest absolute Gasteiger partial charge is 0.341 e. The van der Waals surface area contributed by atoms with Gasteiger partial charge in [-0.3, -0.25) is 5.32 Å². The Bertz CT molecular complexity index is 1230. The van der Waals surface area contributed by atoms with E-state index in [1.54, 1.807) is 0 Å². The Labute approximate surface area is 214 Å². The Morgan fingerprint density at radius 1 is 0.943 bits per heavy atom. The van der Waals surface area contributed by atoms with Gasteiger partial charge < -0.3 is 14.6 Å². The Balaban J connectivity index is 1.36. The van der Waals surface area contributed by atoms with Gasteiger partial charge in [-0.2, -0.15) is 0 Å². The first-order valence-corrected chi connectivity index (χ1v) is 14.1. The number of nitrogens with zero attached hydrogens (tertiary/aromatic N) is 1. The molecule has 0 unspecified atom stereocenters. The van der Waals surface area contributed by atoms with Crippen molar-refractivity contribution in [2.45, 2.75) is 84.3 Å². The van der Waals surface area contributed by atoms with Gasteiger partial charge in [-0.25, -0.2) is 9.59 Å². The normalized spacial score (nSPS) is 15.3. The number of hydrogen-bond acceptors (Lipinski definition) is 5. The molecule has 2 amide bonds. The van der Waals surface area contributed by atoms with E-state index in [0.717, 1.165) is 44.1 Å². The molecule has 5 rings (SSSR count). The van der Waals surface area contributed by atoms with Crippen molar-refractivity contribution in [1.29, 1.82) is 0 Å². The maximum absolute atomic E-state index is 13.1. The molecule has 0 radical (unpaired) electrons. The predicted molar refractivity (Wildman–Crippen MR) is 142 cm³/mol. The van der Waals surface area contributed by atoms with Gasteiger partial charge in [0.2, 0.25) is 0 Å². The van der Waals surface area contributed by atoms with E-state index in [4.69, 9.17) is 4.74 Å². The number of carbonyl (C=O) groups excluding carboxylic acids is 2. The summed E-state index contributed by atoms with van der Waals surface area (Å²) in [6.45, 7) is 6.06. The average Bonchev–Trinajstić information content (AvgIpc) is 3.53. The van der Waals surface area contributed by atoms with Gasteiger partial charge in [0.05, 0.1) is 5.56 Å². The van der Waals surface area contributed by atoms with Crippen LogP contribution in [0.1, 0.15) is 83.3 Å². The summed E-state index contributed by atoms with van der Waals surface area (Å²) in [5, 5.41) is 7.86. The zero-order chi connectivity index (χ0) is 24.6. The van der Waals surface area contributed by atoms with Gasteiger partial charge in [-0.15, -0.1) is 22.7 Å². The number of anilines is 1. The van der Waals surface area contributed by atoms with Gasteiger partial charge >= 0.3 is 12.0 Å². The van der Waals surface area contributed by atoms with E-state index in [1.165, 1.54) is 50.1 Å². The number of esters is 1. The van der Waals surface area contributed by atoms with E-state index in [1.807, 2.05) is 44.2 Å². The molecule has 35 heavy (non-hydrogen) atoms. The van der Waals surface area contributed by atoms with Crippen LogP contribution >= 0.6 is 22.7 Å². The van der Waals surface area contributed by atoms with Gasteiger partial charge in [0.15, 0.2) is 0 Å². The SMILES string of the molecule is CC(C)(C)OC(=O)c1c(NC(=O)NCc2c(-n3cccc3)sc3c2CCCC3)sc2c1CCCC2. The highest BCUT2D eigenvalue weighted by atomic mass is 32.1. The lowest BCUT2D eigenvalue weighted by atomic mass is 9.95. The van der Waals surface area contributed by atoms with Crippen LogP contribution in [0, 0.1) is 0 Å². The number of hydrogen-bond donors (Lipinski definition) is 2. The van der Waals surface area contributed by atoms with E-state index in [0.29, 0.717) is 17.1 Å². The largest absolute Gasteiger partial charge is 0.456 e. The third-order valence-electron chi connectivity index (χ3n) is 6.53. The summed E-state index contributed by atoms with van der Waals surface area (Å²) in [6.07, 6.45) is 12.7. The molecule has 2 aliphatic rings. The fourth-order valence-corrected chi connectivity index (χ4v) is 7.64. The molecule has 8 heteroatoms. The van der Waals surface area contributed by atoms with Crippen molar-refractivity contribution in [3.05, 3.63) is 56.5 Å². The molecule has 0 saturated carbocycles. The minimum Gasteiger partial charge on any atom is -0.456 e. The lowest BCUT2D eigenvalue weighted by molar-refractivity contribution is 0.00699. The number of ether oxygens (including phenoxy) is 1. The van der Waals surface area contributed by atoms with Gasteiger partial charge in [0.1, 0.15) is 15.6 Å². The minimum atomic E-state index is -0.590. The fraction of sp³-hybridized carbons (Fsp3) is 0.481. The highest BCUT2D eigenvalue weighted by Gasteiger charge is 2.30. The van der Waals surface area contributed by atoms with Crippen molar-refractivity contribution >= 4 is 39.7 Å². The molecule has 2 N–H and O–H groups in total. The molecule has 0 spiro atoms. The number of amides is 2. The molecule has 0 bridgehead atoms. The van der Waals surface area contributed by atoms with Crippen molar-refractivity contribution in [1.82, 2.24) is 9.88 Å². The van der Waals surface area contributed by atoms with Crippen LogP contribution in [0.15, 0.2) is 24.5 Å². The first-order chi connectivity index (χ1) is 16.8. The first kappa shape index (κ1) is 24.1. The predicted octanol–water partition coefficient (Wildman–Crippen LogP) is 6.63. The summed E-state index contributed by atoms with van der Waals surface area (Å²) >= 11 is 3.35. The van der Waals surface area contributed by atoms with Crippen molar-refractivity contribution in [3.63, 3.8) is 0 Å². The van der Waals surface area contributed by atoms with Gasteiger partial charge in [-0.1, -0.05) is 0 Å². The zero-order valence-electron chi connectivity index (χ0n) is 20.7. The average molecular weight is 512 g/mol. The zero-order valence-corrected chi connectivity index (χ0v) is 22.3. The molecule has 0 fully saturated rings. The minimum absolute atomic E-state index is 0.289. The molecule has 186 valence electrons. The standard InChI is InChI=1S/C27H33N3O3S2/c1-27(2,3)33-25(31)22-18-11-5-7-13-21(18)34-23(22)29-26(32)28-16-19-17-10-4-6-12-20(17)35-24(19)30-14-8-9-15-30/h8-9,14-15H,4-7,10-13,16H2,1-3H3,(H2,28,29,32). The molecular formula is C27H33N3O3S2. The van der Waals surface area contributed by atoms with Crippen LogP contribution in [0.2, 0.25) is 0 Å². The van der Waals surface area contributed by atoms with Crippen LogP contribution in [0.3, 0.4) is 0 Å². The number of fused-ring (bicyclic) bond motifs is 2. The van der Waals surface area contributed by atoms with Crippen LogP contribution in [0.25, 0.3) is 5.00 Å². The highest BCUT2D eigenvalue weighted by molar-refractivity contribution is 7.17. The number of aryl methyl sites for hydroxylation is 2. The van der Waals surface area contributed by atoms with Crippen molar-refractivity contribution in [2.24, 2.45) is 0 Å². The summed E-state index contributed by atoms with van der Waals surface area (Å²) < 4.78 is 7.85. The molecule has 0 aromatic carbocycles. The van der Waals surface area contributed by atoms with Gasteiger partial charge in [-0.05, 0) is 95.4 Å². The van der Waals surface area contributed by atoms with Crippen molar-refractivity contribution in [3.8, 4) is 5.00 Å². The Morgan fingerprint density at radius 2 is 1.57 bits per heavy atom. The van der Waals surface area contributed by atoms with Crippen LogP contribution in [0.4, 0.5) is 9.80 Å². The summed E-state index contributed by atoms with van der Waals surface area (Å²) in [7, 11) is 0. The molecular weight excluding hydrogens is 478 g/mol. The van der Waals surface area contributed by atoms with Crippen molar-refractivity contribution in [2.75, 3.05) is 5.32 Å². The Hall–Kier alpha value is -2.58. The summed E-state index contributed by atoms with van der Waals surface area (Å²) in [4.78, 5) is 28.8. The van der Waals surface area contributed by atoms with Crippen LogP contribution in [-0.2, 0) is 37.0 Å². The first-order valence-electron chi connectivity index (χ1n) is 12.5. The lowest BCUT2D eigenvalue weighted by Gasteiger charge is -2.21. The molecule has 3 aromatic rings. The summed E-state index contributed by atoms with van der Waals surface area (Å²) in [6, 6.07) is 3.77. The third kappa shape index (κ3) is 5.19. The maximum Gasteiger partial charge on any atom is 0.341 e. The quantitative estimate of drug-likeness (QED) is 0.377. The lowest BCUT2D eigenvalue weighted by Crippen LogP contribution is -2.30. The number of nitrogens with one attached hydrogen (secondary N) is 2. The van der Waals surface area contributed by atoms with E-state index in [9.17, 15) is 9.59 Å².